The van der Waals surface area contributed by atoms with Crippen LogP contribution in [0.15, 0.2) is 66.7 Å². The van der Waals surface area contributed by atoms with Crippen LogP contribution in [0.1, 0.15) is 47.3 Å². The summed E-state index contributed by atoms with van der Waals surface area (Å²) in [4.78, 5) is 42.6. The first-order chi connectivity index (χ1) is 16.9. The first-order valence-corrected chi connectivity index (χ1v) is 11.6. The Kier molecular flexibility index (Phi) is 5.94. The number of aromatic nitrogens is 1. The molecular weight excluding hydrogens is 446 g/mol. The number of nitrogens with zero attached hydrogens (tertiary/aromatic N) is 2. The van der Waals surface area contributed by atoms with Crippen molar-refractivity contribution in [1.29, 1.82) is 0 Å². The van der Waals surface area contributed by atoms with Gasteiger partial charge in [-0.1, -0.05) is 54.6 Å². The number of hydrogen-bond donors (Lipinski definition) is 2. The fraction of sp³-hybridized carbons (Fsp3) is 0.259. The number of nitrogens with one attached hydrogen (secondary N) is 1. The maximum Gasteiger partial charge on any atom is 0.412 e. The molecule has 1 heterocycles. The molecule has 0 aliphatic heterocycles. The Morgan fingerprint density at radius 2 is 1.63 bits per heavy atom. The number of anilines is 1. The number of carbonyl (C=O) groups is 3. The van der Waals surface area contributed by atoms with Crippen molar-refractivity contribution in [2.75, 3.05) is 11.9 Å². The van der Waals surface area contributed by atoms with Gasteiger partial charge in [-0.25, -0.2) is 14.6 Å². The highest BCUT2D eigenvalue weighted by atomic mass is 16.5. The molecule has 2 N–H and O–H groups in total. The Balaban J connectivity index is 1.26. The van der Waals surface area contributed by atoms with Gasteiger partial charge in [0.15, 0.2) is 0 Å². The zero-order valence-corrected chi connectivity index (χ0v) is 19.2. The minimum absolute atomic E-state index is 0.0707. The smallest absolute Gasteiger partial charge is 0.412 e. The molecule has 1 aromatic heterocycles. The van der Waals surface area contributed by atoms with Crippen molar-refractivity contribution < 1.29 is 24.2 Å². The van der Waals surface area contributed by atoms with Crippen LogP contribution in [0.3, 0.4) is 0 Å². The second kappa shape index (κ2) is 9.21. The molecule has 0 saturated heterocycles. The van der Waals surface area contributed by atoms with Crippen LogP contribution in [0.25, 0.3) is 11.1 Å². The molecule has 1 unspecified atom stereocenters. The summed E-state index contributed by atoms with van der Waals surface area (Å²) in [7, 11) is 0. The number of carboxylic acids is 1. The molecule has 2 aliphatic rings. The number of rotatable bonds is 7. The molecule has 0 spiro atoms. The summed E-state index contributed by atoms with van der Waals surface area (Å²) < 4.78 is 5.55. The summed E-state index contributed by atoms with van der Waals surface area (Å²) in [5, 5.41) is 12.0. The van der Waals surface area contributed by atoms with Crippen LogP contribution in [-0.2, 0) is 9.53 Å². The number of pyridine rings is 1. The lowest BCUT2D eigenvalue weighted by Gasteiger charge is -2.26. The zero-order valence-electron chi connectivity index (χ0n) is 19.2. The summed E-state index contributed by atoms with van der Waals surface area (Å²) in [6.07, 6.45) is 0.851. The number of carbonyl (C=O) groups excluding carboxylic acids is 2. The van der Waals surface area contributed by atoms with Gasteiger partial charge in [-0.2, -0.15) is 0 Å². The zero-order chi connectivity index (χ0) is 24.5. The van der Waals surface area contributed by atoms with Crippen molar-refractivity contribution in [3.8, 4) is 11.1 Å². The van der Waals surface area contributed by atoms with Gasteiger partial charge in [0.1, 0.15) is 24.2 Å². The minimum Gasteiger partial charge on any atom is -0.480 e. The normalized spacial score (nSPS) is 15.0. The van der Waals surface area contributed by atoms with Crippen molar-refractivity contribution in [1.82, 2.24) is 9.88 Å². The topological polar surface area (TPSA) is 109 Å². The number of aliphatic carboxylic acids is 1. The lowest BCUT2D eigenvalue weighted by atomic mass is 9.98. The quantitative estimate of drug-likeness (QED) is 0.524. The van der Waals surface area contributed by atoms with E-state index in [1.54, 1.807) is 12.1 Å². The predicted molar refractivity (Wildman–Crippen MR) is 129 cm³/mol. The van der Waals surface area contributed by atoms with E-state index in [1.165, 1.54) is 17.9 Å². The van der Waals surface area contributed by atoms with E-state index in [1.807, 2.05) is 36.4 Å². The fourth-order valence-corrected chi connectivity index (χ4v) is 4.62. The first-order valence-electron chi connectivity index (χ1n) is 11.6. The van der Waals surface area contributed by atoms with E-state index in [0.717, 1.165) is 35.1 Å². The van der Waals surface area contributed by atoms with Crippen LogP contribution >= 0.6 is 0 Å². The number of carboxylic acid groups (broad SMARTS) is 1. The lowest BCUT2D eigenvalue weighted by Crippen LogP contribution is -2.45. The van der Waals surface area contributed by atoms with E-state index in [9.17, 15) is 19.5 Å². The molecule has 2 aliphatic carbocycles. The van der Waals surface area contributed by atoms with Gasteiger partial charge in [0, 0.05) is 12.0 Å². The van der Waals surface area contributed by atoms with Crippen LogP contribution in [0.2, 0.25) is 0 Å². The van der Waals surface area contributed by atoms with Gasteiger partial charge >= 0.3 is 12.1 Å². The second-order valence-electron chi connectivity index (χ2n) is 8.82. The fourth-order valence-electron chi connectivity index (χ4n) is 4.62. The number of hydrogen-bond acceptors (Lipinski definition) is 5. The molecule has 35 heavy (non-hydrogen) atoms. The van der Waals surface area contributed by atoms with E-state index in [0.29, 0.717) is 0 Å². The highest BCUT2D eigenvalue weighted by molar-refractivity contribution is 5.96. The third kappa shape index (κ3) is 4.47. The van der Waals surface area contributed by atoms with Crippen LogP contribution in [0, 0.1) is 0 Å². The third-order valence-corrected chi connectivity index (χ3v) is 6.49. The number of amides is 2. The molecule has 1 saturated carbocycles. The standard InChI is InChI=1S/C27H25N3O5/c1-16(26(32)33)30(17-13-14-17)25(31)23-11-6-12-24(28-23)29-27(34)35-15-22-20-9-4-2-7-18(20)19-8-3-5-10-21(19)22/h2-12,16-17,22H,13-15H2,1H3,(H,32,33)(H,28,29,34). The predicted octanol–water partition coefficient (Wildman–Crippen LogP) is 4.52. The van der Waals surface area contributed by atoms with Gasteiger partial charge in [0.05, 0.1) is 0 Å². The summed E-state index contributed by atoms with van der Waals surface area (Å²) in [6, 6.07) is 19.7. The van der Waals surface area contributed by atoms with E-state index in [2.05, 4.69) is 22.4 Å². The van der Waals surface area contributed by atoms with E-state index >= 15 is 0 Å². The lowest BCUT2D eigenvalue weighted by molar-refractivity contribution is -0.141. The number of benzene rings is 2. The van der Waals surface area contributed by atoms with Gasteiger partial charge < -0.3 is 14.7 Å². The molecule has 8 heteroatoms. The minimum atomic E-state index is -1.07. The maximum absolute atomic E-state index is 13.0. The Morgan fingerprint density at radius 1 is 1.00 bits per heavy atom. The molecule has 0 bridgehead atoms. The highest BCUT2D eigenvalue weighted by Gasteiger charge is 2.39. The molecule has 0 radical (unpaired) electrons. The molecule has 8 nitrogen and oxygen atoms in total. The first kappa shape index (κ1) is 22.6. The van der Waals surface area contributed by atoms with Gasteiger partial charge in [-0.15, -0.1) is 0 Å². The van der Waals surface area contributed by atoms with Crippen molar-refractivity contribution in [3.63, 3.8) is 0 Å². The average molecular weight is 472 g/mol. The van der Waals surface area contributed by atoms with Crippen molar-refractivity contribution in [2.45, 2.75) is 37.8 Å². The van der Waals surface area contributed by atoms with Gasteiger partial charge in [-0.3, -0.25) is 10.1 Å². The second-order valence-corrected chi connectivity index (χ2v) is 8.82. The van der Waals surface area contributed by atoms with Gasteiger partial charge in [0.25, 0.3) is 5.91 Å². The van der Waals surface area contributed by atoms with Gasteiger partial charge in [0.2, 0.25) is 0 Å². The van der Waals surface area contributed by atoms with Crippen molar-refractivity contribution in [3.05, 3.63) is 83.6 Å². The molecule has 3 aromatic rings. The largest absolute Gasteiger partial charge is 0.480 e. The van der Waals surface area contributed by atoms with Crippen molar-refractivity contribution in [2.24, 2.45) is 0 Å². The van der Waals surface area contributed by atoms with Crippen LogP contribution in [0.4, 0.5) is 10.6 Å². The Morgan fingerprint density at radius 3 is 2.23 bits per heavy atom. The van der Waals surface area contributed by atoms with Gasteiger partial charge in [-0.05, 0) is 54.2 Å². The summed E-state index contributed by atoms with van der Waals surface area (Å²) in [6.45, 7) is 1.64. The SMILES string of the molecule is CC(C(=O)O)N(C(=O)c1cccc(NC(=O)OCC2c3ccccc3-c3ccccc32)n1)C1CC1. The van der Waals surface area contributed by atoms with Crippen LogP contribution in [0.5, 0.6) is 0 Å². The number of fused-ring (bicyclic) bond motifs is 3. The average Bonchev–Trinajstić information content (AvgIpc) is 3.65. The Bertz CT molecular complexity index is 1260. The van der Waals surface area contributed by atoms with E-state index in [4.69, 9.17) is 4.74 Å². The molecular formula is C27H25N3O5. The Hall–Kier alpha value is -4.20. The molecule has 2 aromatic carbocycles. The van der Waals surface area contributed by atoms with Crippen LogP contribution in [-0.4, -0.2) is 51.7 Å². The van der Waals surface area contributed by atoms with E-state index in [-0.39, 0.29) is 30.1 Å². The molecule has 2 amide bonds. The maximum atomic E-state index is 13.0. The van der Waals surface area contributed by atoms with Crippen LogP contribution < -0.4 is 5.32 Å². The third-order valence-electron chi connectivity index (χ3n) is 6.49. The monoisotopic (exact) mass is 471 g/mol. The summed E-state index contributed by atoms with van der Waals surface area (Å²) in [5.41, 5.74) is 4.57. The molecule has 1 atom stereocenters. The summed E-state index contributed by atoms with van der Waals surface area (Å²) in [5.74, 6) is -1.46. The summed E-state index contributed by atoms with van der Waals surface area (Å²) >= 11 is 0. The van der Waals surface area contributed by atoms with E-state index < -0.39 is 24.0 Å². The Labute approximate surface area is 202 Å². The number of ether oxygens (including phenoxy) is 1. The highest BCUT2D eigenvalue weighted by Crippen LogP contribution is 2.44. The molecule has 178 valence electrons. The molecule has 1 fully saturated rings. The molecule has 5 rings (SSSR count). The van der Waals surface area contributed by atoms with Crippen molar-refractivity contribution >= 4 is 23.8 Å².